The summed E-state index contributed by atoms with van der Waals surface area (Å²) in [7, 11) is 0. The van der Waals surface area contributed by atoms with Crippen LogP contribution in [-0.2, 0) is 9.53 Å². The lowest BCUT2D eigenvalue weighted by atomic mass is 10.1. The summed E-state index contributed by atoms with van der Waals surface area (Å²) in [4.78, 5) is 11.0. The molecule has 0 bridgehead atoms. The van der Waals surface area contributed by atoms with Crippen molar-refractivity contribution in [2.75, 3.05) is 6.61 Å². The van der Waals surface area contributed by atoms with Crippen LogP contribution < -0.4 is 4.74 Å². The highest BCUT2D eigenvalue weighted by Gasteiger charge is 2.20. The summed E-state index contributed by atoms with van der Waals surface area (Å²) in [5.41, 5.74) is 1.72. The van der Waals surface area contributed by atoms with Gasteiger partial charge in [-0.3, -0.25) is 0 Å². The SMILES string of the molecule is CCOC(=O)C(F)Oc1cc(C)ccc1C. The first-order valence-corrected chi connectivity index (χ1v) is 5.09. The average Bonchev–Trinajstić information content (AvgIpc) is 2.23. The molecule has 0 aliphatic heterocycles. The van der Waals surface area contributed by atoms with Gasteiger partial charge in [0.15, 0.2) is 0 Å². The third-order valence-electron chi connectivity index (χ3n) is 2.05. The first-order valence-electron chi connectivity index (χ1n) is 5.09. The number of aryl methyl sites for hydroxylation is 2. The Hall–Kier alpha value is -1.58. The van der Waals surface area contributed by atoms with Crippen LogP contribution >= 0.6 is 0 Å². The van der Waals surface area contributed by atoms with Crippen molar-refractivity contribution in [1.82, 2.24) is 0 Å². The number of rotatable bonds is 4. The van der Waals surface area contributed by atoms with Gasteiger partial charge in [0.05, 0.1) is 6.61 Å². The fourth-order valence-electron chi connectivity index (χ4n) is 1.20. The first-order chi connectivity index (χ1) is 7.54. The molecule has 0 N–H and O–H groups in total. The van der Waals surface area contributed by atoms with Crippen molar-refractivity contribution in [3.63, 3.8) is 0 Å². The van der Waals surface area contributed by atoms with Crippen molar-refractivity contribution in [3.8, 4) is 5.75 Å². The molecule has 0 spiro atoms. The summed E-state index contributed by atoms with van der Waals surface area (Å²) in [6, 6.07) is 5.38. The molecule has 88 valence electrons. The Bertz CT molecular complexity index is 377. The molecule has 1 aromatic rings. The van der Waals surface area contributed by atoms with E-state index >= 15 is 0 Å². The molecule has 1 aromatic carbocycles. The molecule has 1 unspecified atom stereocenters. The van der Waals surface area contributed by atoms with Crippen molar-refractivity contribution in [3.05, 3.63) is 29.3 Å². The molecule has 0 saturated carbocycles. The van der Waals surface area contributed by atoms with E-state index < -0.39 is 12.3 Å². The molecular formula is C12H15FO3. The predicted molar refractivity (Wildman–Crippen MR) is 58.1 cm³/mol. The Kier molecular flexibility index (Phi) is 4.28. The highest BCUT2D eigenvalue weighted by molar-refractivity contribution is 5.73. The second kappa shape index (κ2) is 5.49. The number of alkyl halides is 1. The van der Waals surface area contributed by atoms with E-state index in [4.69, 9.17) is 4.74 Å². The van der Waals surface area contributed by atoms with Crippen molar-refractivity contribution < 1.29 is 18.7 Å². The number of esters is 1. The van der Waals surface area contributed by atoms with Gasteiger partial charge in [0.25, 0.3) is 0 Å². The molecule has 0 saturated heterocycles. The Labute approximate surface area is 94.2 Å². The van der Waals surface area contributed by atoms with Crippen molar-refractivity contribution >= 4 is 5.97 Å². The van der Waals surface area contributed by atoms with E-state index in [2.05, 4.69) is 4.74 Å². The standard InChI is InChI=1S/C12H15FO3/c1-4-15-12(14)11(13)16-10-7-8(2)5-6-9(10)3/h5-7,11H,4H2,1-3H3. The molecule has 3 nitrogen and oxygen atoms in total. The molecule has 0 fully saturated rings. The predicted octanol–water partition coefficient (Wildman–Crippen LogP) is 2.54. The molecule has 0 aromatic heterocycles. The lowest BCUT2D eigenvalue weighted by molar-refractivity contribution is -0.159. The number of benzene rings is 1. The average molecular weight is 226 g/mol. The van der Waals surface area contributed by atoms with Crippen LogP contribution in [0.2, 0.25) is 0 Å². The molecule has 1 rings (SSSR count). The molecule has 0 heterocycles. The van der Waals surface area contributed by atoms with Crippen LogP contribution in [0, 0.1) is 13.8 Å². The molecule has 0 amide bonds. The van der Waals surface area contributed by atoms with Crippen LogP contribution in [0.15, 0.2) is 18.2 Å². The van der Waals surface area contributed by atoms with Gasteiger partial charge in [0.2, 0.25) is 0 Å². The smallest absolute Gasteiger partial charge is 0.381 e. The van der Waals surface area contributed by atoms with Crippen LogP contribution in [0.1, 0.15) is 18.1 Å². The quantitative estimate of drug-likeness (QED) is 0.740. The second-order valence-electron chi connectivity index (χ2n) is 3.45. The van der Waals surface area contributed by atoms with Crippen molar-refractivity contribution in [1.29, 1.82) is 0 Å². The highest BCUT2D eigenvalue weighted by Crippen LogP contribution is 2.21. The minimum Gasteiger partial charge on any atom is -0.461 e. The first kappa shape index (κ1) is 12.5. The van der Waals surface area contributed by atoms with E-state index in [0.29, 0.717) is 5.75 Å². The lowest BCUT2D eigenvalue weighted by Crippen LogP contribution is -2.25. The van der Waals surface area contributed by atoms with E-state index in [-0.39, 0.29) is 6.61 Å². The number of carbonyl (C=O) groups is 1. The van der Waals surface area contributed by atoms with Gasteiger partial charge in [0, 0.05) is 0 Å². The summed E-state index contributed by atoms with van der Waals surface area (Å²) >= 11 is 0. The summed E-state index contributed by atoms with van der Waals surface area (Å²) in [5.74, 6) is -0.635. The summed E-state index contributed by atoms with van der Waals surface area (Å²) in [6.45, 7) is 5.40. The van der Waals surface area contributed by atoms with E-state index in [1.165, 1.54) is 0 Å². The van der Waals surface area contributed by atoms with E-state index in [0.717, 1.165) is 11.1 Å². The van der Waals surface area contributed by atoms with Gasteiger partial charge in [0.1, 0.15) is 5.75 Å². The van der Waals surface area contributed by atoms with Gasteiger partial charge in [-0.15, -0.1) is 0 Å². The largest absolute Gasteiger partial charge is 0.461 e. The van der Waals surface area contributed by atoms with Crippen molar-refractivity contribution in [2.24, 2.45) is 0 Å². The number of hydrogen-bond acceptors (Lipinski definition) is 3. The number of carbonyl (C=O) groups excluding carboxylic acids is 1. The topological polar surface area (TPSA) is 35.5 Å². The normalized spacial score (nSPS) is 12.0. The number of ether oxygens (including phenoxy) is 2. The van der Waals surface area contributed by atoms with Gasteiger partial charge in [-0.2, -0.15) is 4.39 Å². The molecule has 1 atom stereocenters. The molecular weight excluding hydrogens is 211 g/mol. The second-order valence-corrected chi connectivity index (χ2v) is 3.45. The Morgan fingerprint density at radius 1 is 1.44 bits per heavy atom. The lowest BCUT2D eigenvalue weighted by Gasteiger charge is -2.12. The minimum atomic E-state index is -2.07. The summed E-state index contributed by atoms with van der Waals surface area (Å²) in [5, 5.41) is 0. The fourth-order valence-corrected chi connectivity index (χ4v) is 1.20. The summed E-state index contributed by atoms with van der Waals surface area (Å²) < 4.78 is 22.7. The van der Waals surface area contributed by atoms with Crippen LogP contribution in [0.25, 0.3) is 0 Å². The van der Waals surface area contributed by atoms with E-state index in [1.807, 2.05) is 19.1 Å². The number of hydrogen-bond donors (Lipinski definition) is 0. The molecule has 4 heteroatoms. The third kappa shape index (κ3) is 3.22. The third-order valence-corrected chi connectivity index (χ3v) is 2.05. The van der Waals surface area contributed by atoms with Gasteiger partial charge < -0.3 is 9.47 Å². The highest BCUT2D eigenvalue weighted by atomic mass is 19.1. The Morgan fingerprint density at radius 3 is 2.75 bits per heavy atom. The zero-order chi connectivity index (χ0) is 12.1. The maximum absolute atomic E-state index is 13.3. The molecule has 0 radical (unpaired) electrons. The Balaban J connectivity index is 2.72. The maximum atomic E-state index is 13.3. The van der Waals surface area contributed by atoms with Crippen molar-refractivity contribution in [2.45, 2.75) is 27.1 Å². The van der Waals surface area contributed by atoms with E-state index in [1.54, 1.807) is 19.9 Å². The minimum absolute atomic E-state index is 0.134. The zero-order valence-corrected chi connectivity index (χ0v) is 9.62. The van der Waals surface area contributed by atoms with Gasteiger partial charge in [-0.1, -0.05) is 12.1 Å². The van der Waals surface area contributed by atoms with Gasteiger partial charge >= 0.3 is 12.3 Å². The van der Waals surface area contributed by atoms with Gasteiger partial charge in [-0.25, -0.2) is 4.79 Å². The summed E-state index contributed by atoms with van der Waals surface area (Å²) in [6.07, 6.45) is -2.07. The maximum Gasteiger partial charge on any atom is 0.381 e. The fraction of sp³-hybridized carbons (Fsp3) is 0.417. The Morgan fingerprint density at radius 2 is 2.12 bits per heavy atom. The van der Waals surface area contributed by atoms with Crippen LogP contribution in [0.3, 0.4) is 0 Å². The molecule has 0 aliphatic rings. The monoisotopic (exact) mass is 226 g/mol. The van der Waals surface area contributed by atoms with Gasteiger partial charge in [-0.05, 0) is 38.0 Å². The molecule has 16 heavy (non-hydrogen) atoms. The zero-order valence-electron chi connectivity index (χ0n) is 9.62. The van der Waals surface area contributed by atoms with Crippen LogP contribution in [-0.4, -0.2) is 18.9 Å². The van der Waals surface area contributed by atoms with E-state index in [9.17, 15) is 9.18 Å². The van der Waals surface area contributed by atoms with Crippen LogP contribution in [0.5, 0.6) is 5.75 Å². The number of halogens is 1. The van der Waals surface area contributed by atoms with Crippen LogP contribution in [0.4, 0.5) is 4.39 Å². The molecule has 0 aliphatic carbocycles.